The summed E-state index contributed by atoms with van der Waals surface area (Å²) in [6, 6.07) is 9.58. The van der Waals surface area contributed by atoms with Crippen molar-refractivity contribution in [2.75, 3.05) is 5.73 Å². The highest BCUT2D eigenvalue weighted by atomic mass is 19.1. The van der Waals surface area contributed by atoms with Gasteiger partial charge in [0.1, 0.15) is 11.6 Å². The van der Waals surface area contributed by atoms with Crippen molar-refractivity contribution < 1.29 is 8.78 Å². The summed E-state index contributed by atoms with van der Waals surface area (Å²) in [6.45, 7) is 0.318. The van der Waals surface area contributed by atoms with Crippen molar-refractivity contribution >= 4 is 5.69 Å². The molecule has 0 aromatic heterocycles. The Bertz CT molecular complexity index is 640. The molecule has 1 aliphatic rings. The number of anilines is 1. The smallest absolute Gasteiger partial charge is 0.127 e. The van der Waals surface area contributed by atoms with Crippen molar-refractivity contribution in [1.29, 1.82) is 0 Å². The molecule has 2 aromatic carbocycles. The predicted octanol–water partition coefficient (Wildman–Crippen LogP) is 3.32. The SMILES string of the molecule is Nc1ccc2c(c1)CCC2NCc1cc(F)ccc1F. The average molecular weight is 274 g/mol. The molecule has 104 valence electrons. The largest absolute Gasteiger partial charge is 0.399 e. The van der Waals surface area contributed by atoms with Crippen molar-refractivity contribution in [3.05, 3.63) is 64.7 Å². The van der Waals surface area contributed by atoms with Crippen LogP contribution in [0.2, 0.25) is 0 Å². The number of hydrogen-bond donors (Lipinski definition) is 2. The third kappa shape index (κ3) is 2.51. The molecule has 0 amide bonds. The standard InChI is InChI=1S/C16H16F2N2/c17-12-2-5-15(18)11(7-12)9-20-16-6-1-10-8-13(19)3-4-14(10)16/h2-5,7-8,16,20H,1,6,9,19H2. The second-order valence-electron chi connectivity index (χ2n) is 5.17. The molecule has 0 saturated carbocycles. The van der Waals surface area contributed by atoms with Gasteiger partial charge in [0, 0.05) is 23.8 Å². The van der Waals surface area contributed by atoms with Crippen LogP contribution in [-0.4, -0.2) is 0 Å². The summed E-state index contributed by atoms with van der Waals surface area (Å²) in [5.41, 5.74) is 9.33. The average Bonchev–Trinajstić information content (AvgIpc) is 2.82. The number of halogens is 2. The second kappa shape index (κ2) is 5.21. The van der Waals surface area contributed by atoms with E-state index in [1.54, 1.807) is 0 Å². The molecule has 20 heavy (non-hydrogen) atoms. The molecule has 0 bridgehead atoms. The molecule has 3 rings (SSSR count). The van der Waals surface area contributed by atoms with Crippen LogP contribution in [0.4, 0.5) is 14.5 Å². The summed E-state index contributed by atoms with van der Waals surface area (Å²) in [5.74, 6) is -0.794. The van der Waals surface area contributed by atoms with Gasteiger partial charge in [-0.15, -0.1) is 0 Å². The fourth-order valence-corrected chi connectivity index (χ4v) is 2.76. The molecule has 3 N–H and O–H groups in total. The lowest BCUT2D eigenvalue weighted by Gasteiger charge is -2.14. The maximum atomic E-state index is 13.6. The first-order chi connectivity index (χ1) is 9.63. The molecule has 0 spiro atoms. The lowest BCUT2D eigenvalue weighted by molar-refractivity contribution is 0.509. The van der Waals surface area contributed by atoms with Gasteiger partial charge in [0.25, 0.3) is 0 Å². The monoisotopic (exact) mass is 274 g/mol. The van der Waals surface area contributed by atoms with Crippen molar-refractivity contribution in [2.45, 2.75) is 25.4 Å². The van der Waals surface area contributed by atoms with Crippen LogP contribution < -0.4 is 11.1 Å². The molecule has 4 heteroatoms. The Hall–Kier alpha value is -1.94. The van der Waals surface area contributed by atoms with Crippen LogP contribution >= 0.6 is 0 Å². The highest BCUT2D eigenvalue weighted by Crippen LogP contribution is 2.32. The number of nitrogen functional groups attached to an aromatic ring is 1. The summed E-state index contributed by atoms with van der Waals surface area (Å²) >= 11 is 0. The van der Waals surface area contributed by atoms with Crippen molar-refractivity contribution in [3.8, 4) is 0 Å². The maximum Gasteiger partial charge on any atom is 0.127 e. The van der Waals surface area contributed by atoms with Crippen molar-refractivity contribution in [1.82, 2.24) is 5.32 Å². The fourth-order valence-electron chi connectivity index (χ4n) is 2.76. The molecule has 0 fully saturated rings. The molecular weight excluding hydrogens is 258 g/mol. The molecule has 1 aliphatic carbocycles. The predicted molar refractivity (Wildman–Crippen MR) is 75.1 cm³/mol. The zero-order chi connectivity index (χ0) is 14.1. The number of aryl methyl sites for hydroxylation is 1. The molecule has 0 aliphatic heterocycles. The number of nitrogens with two attached hydrogens (primary N) is 1. The fraction of sp³-hybridized carbons (Fsp3) is 0.250. The maximum absolute atomic E-state index is 13.6. The Labute approximate surface area is 116 Å². The normalized spacial score (nSPS) is 17.2. The summed E-state index contributed by atoms with van der Waals surface area (Å²) in [6.07, 6.45) is 1.92. The third-order valence-electron chi connectivity index (χ3n) is 3.79. The minimum Gasteiger partial charge on any atom is -0.399 e. The molecule has 1 unspecified atom stereocenters. The number of benzene rings is 2. The number of fused-ring (bicyclic) bond motifs is 1. The quantitative estimate of drug-likeness (QED) is 0.843. The van der Waals surface area contributed by atoms with Crippen molar-refractivity contribution in [2.24, 2.45) is 0 Å². The number of nitrogens with one attached hydrogen (secondary N) is 1. The van der Waals surface area contributed by atoms with Gasteiger partial charge in [-0.2, -0.15) is 0 Å². The third-order valence-corrected chi connectivity index (χ3v) is 3.79. The Morgan fingerprint density at radius 3 is 2.85 bits per heavy atom. The summed E-state index contributed by atoms with van der Waals surface area (Å²) < 4.78 is 26.7. The van der Waals surface area contributed by atoms with E-state index < -0.39 is 5.82 Å². The minimum atomic E-state index is -0.414. The first-order valence-electron chi connectivity index (χ1n) is 6.69. The van der Waals surface area contributed by atoms with Crippen LogP contribution in [-0.2, 0) is 13.0 Å². The minimum absolute atomic E-state index is 0.174. The highest BCUT2D eigenvalue weighted by Gasteiger charge is 2.22. The van der Waals surface area contributed by atoms with Gasteiger partial charge < -0.3 is 11.1 Å². The van der Waals surface area contributed by atoms with E-state index >= 15 is 0 Å². The van der Waals surface area contributed by atoms with E-state index in [4.69, 9.17) is 5.73 Å². The van der Waals surface area contributed by atoms with Gasteiger partial charge in [0.2, 0.25) is 0 Å². The zero-order valence-electron chi connectivity index (χ0n) is 11.0. The Balaban J connectivity index is 1.73. The second-order valence-corrected chi connectivity index (χ2v) is 5.17. The molecule has 2 nitrogen and oxygen atoms in total. The van der Waals surface area contributed by atoms with Crippen LogP contribution in [0.25, 0.3) is 0 Å². The first-order valence-corrected chi connectivity index (χ1v) is 6.69. The van der Waals surface area contributed by atoms with Gasteiger partial charge in [0.05, 0.1) is 0 Å². The van der Waals surface area contributed by atoms with E-state index in [1.165, 1.54) is 17.2 Å². The van der Waals surface area contributed by atoms with E-state index in [1.807, 2.05) is 18.2 Å². The Morgan fingerprint density at radius 1 is 1.15 bits per heavy atom. The van der Waals surface area contributed by atoms with Crippen LogP contribution in [0.15, 0.2) is 36.4 Å². The lowest BCUT2D eigenvalue weighted by Crippen LogP contribution is -2.19. The lowest BCUT2D eigenvalue weighted by atomic mass is 10.1. The van der Waals surface area contributed by atoms with Crippen LogP contribution in [0, 0.1) is 11.6 Å². The molecule has 0 heterocycles. The summed E-state index contributed by atoms with van der Waals surface area (Å²) in [5, 5.41) is 3.29. The van der Waals surface area contributed by atoms with Crippen LogP contribution in [0.3, 0.4) is 0 Å². The molecule has 2 aromatic rings. The van der Waals surface area contributed by atoms with Gasteiger partial charge in [-0.05, 0) is 54.3 Å². The van der Waals surface area contributed by atoms with E-state index in [2.05, 4.69) is 5.32 Å². The Kier molecular flexibility index (Phi) is 3.40. The van der Waals surface area contributed by atoms with E-state index in [0.29, 0.717) is 12.1 Å². The summed E-state index contributed by atoms with van der Waals surface area (Å²) in [7, 11) is 0. The highest BCUT2D eigenvalue weighted by molar-refractivity contribution is 5.47. The van der Waals surface area contributed by atoms with Gasteiger partial charge in [-0.1, -0.05) is 6.07 Å². The molecular formula is C16H16F2N2. The Morgan fingerprint density at radius 2 is 2.00 bits per heavy atom. The van der Waals surface area contributed by atoms with Gasteiger partial charge in [-0.3, -0.25) is 0 Å². The van der Waals surface area contributed by atoms with Crippen LogP contribution in [0.1, 0.15) is 29.2 Å². The van der Waals surface area contributed by atoms with E-state index in [9.17, 15) is 8.78 Å². The first kappa shape index (κ1) is 13.1. The van der Waals surface area contributed by atoms with E-state index in [0.717, 1.165) is 30.7 Å². The number of rotatable bonds is 3. The molecule has 0 radical (unpaired) electrons. The van der Waals surface area contributed by atoms with Gasteiger partial charge in [-0.25, -0.2) is 8.78 Å². The summed E-state index contributed by atoms with van der Waals surface area (Å²) in [4.78, 5) is 0. The van der Waals surface area contributed by atoms with E-state index in [-0.39, 0.29) is 11.9 Å². The van der Waals surface area contributed by atoms with Gasteiger partial charge >= 0.3 is 0 Å². The van der Waals surface area contributed by atoms with Gasteiger partial charge in [0.15, 0.2) is 0 Å². The van der Waals surface area contributed by atoms with Crippen LogP contribution in [0.5, 0.6) is 0 Å². The molecule has 0 saturated heterocycles. The van der Waals surface area contributed by atoms with Crippen molar-refractivity contribution in [3.63, 3.8) is 0 Å². The zero-order valence-corrected chi connectivity index (χ0v) is 11.0. The number of hydrogen-bond acceptors (Lipinski definition) is 2. The molecule has 1 atom stereocenters. The topological polar surface area (TPSA) is 38.0 Å².